The summed E-state index contributed by atoms with van der Waals surface area (Å²) >= 11 is 0. The Bertz CT molecular complexity index is 628. The summed E-state index contributed by atoms with van der Waals surface area (Å²) in [5.74, 6) is 2.20. The van der Waals surface area contributed by atoms with Crippen LogP contribution in [0.4, 0.5) is 0 Å². The molecule has 2 aliphatic heterocycles. The molecule has 1 aromatic heterocycles. The van der Waals surface area contributed by atoms with Crippen molar-refractivity contribution in [3.05, 3.63) is 35.7 Å². The molecule has 1 aromatic carbocycles. The Labute approximate surface area is 143 Å². The van der Waals surface area contributed by atoms with Crippen LogP contribution < -0.4 is 5.32 Å². The summed E-state index contributed by atoms with van der Waals surface area (Å²) in [6.07, 6.45) is 7.14. The van der Waals surface area contributed by atoms with Gasteiger partial charge in [0.15, 0.2) is 0 Å². The fraction of sp³-hybridized carbons (Fsp3) is 0.556. The van der Waals surface area contributed by atoms with Crippen LogP contribution >= 0.6 is 12.4 Å². The molecule has 2 aliphatic rings. The lowest BCUT2D eigenvalue weighted by molar-refractivity contribution is 0.270. The first-order valence-electron chi connectivity index (χ1n) is 8.48. The maximum Gasteiger partial charge on any atom is 0.227 e. The molecule has 2 saturated heterocycles. The third-order valence-corrected chi connectivity index (χ3v) is 5.12. The van der Waals surface area contributed by atoms with Gasteiger partial charge in [-0.1, -0.05) is 36.3 Å². The minimum atomic E-state index is 0. The highest BCUT2D eigenvalue weighted by molar-refractivity contribution is 5.85. The maximum absolute atomic E-state index is 5.49. The van der Waals surface area contributed by atoms with Crippen molar-refractivity contribution in [2.75, 3.05) is 0 Å². The molecule has 4 nitrogen and oxygen atoms in total. The van der Waals surface area contributed by atoms with Crippen molar-refractivity contribution < 1.29 is 4.52 Å². The second kappa shape index (κ2) is 7.02. The molecule has 2 bridgehead atoms. The van der Waals surface area contributed by atoms with E-state index in [1.807, 2.05) is 0 Å². The van der Waals surface area contributed by atoms with Crippen LogP contribution in [0.3, 0.4) is 0 Å². The smallest absolute Gasteiger partial charge is 0.227 e. The van der Waals surface area contributed by atoms with E-state index in [9.17, 15) is 0 Å². The summed E-state index contributed by atoms with van der Waals surface area (Å²) in [5.41, 5.74) is 2.37. The lowest BCUT2D eigenvalue weighted by Crippen LogP contribution is -2.38. The van der Waals surface area contributed by atoms with E-state index < -0.39 is 0 Å². The van der Waals surface area contributed by atoms with Crippen LogP contribution in [0.5, 0.6) is 0 Å². The summed E-state index contributed by atoms with van der Waals surface area (Å²) in [7, 11) is 0. The fourth-order valence-electron chi connectivity index (χ4n) is 3.93. The van der Waals surface area contributed by atoms with Gasteiger partial charge in [0, 0.05) is 24.1 Å². The fourth-order valence-corrected chi connectivity index (χ4v) is 3.93. The Morgan fingerprint density at radius 3 is 2.48 bits per heavy atom. The quantitative estimate of drug-likeness (QED) is 0.924. The highest BCUT2D eigenvalue weighted by atomic mass is 35.5. The van der Waals surface area contributed by atoms with Crippen LogP contribution in [0.1, 0.15) is 44.1 Å². The van der Waals surface area contributed by atoms with E-state index in [1.165, 1.54) is 31.2 Å². The van der Waals surface area contributed by atoms with Crippen molar-refractivity contribution in [1.29, 1.82) is 0 Å². The summed E-state index contributed by atoms with van der Waals surface area (Å²) in [6, 6.07) is 9.86. The molecule has 3 heterocycles. The third-order valence-electron chi connectivity index (χ3n) is 5.12. The molecule has 0 aliphatic carbocycles. The minimum Gasteiger partial charge on any atom is -0.339 e. The summed E-state index contributed by atoms with van der Waals surface area (Å²) in [5, 5.41) is 7.84. The van der Waals surface area contributed by atoms with Crippen molar-refractivity contribution in [3.8, 4) is 11.4 Å². The number of rotatable bonds is 4. The highest BCUT2D eigenvalue weighted by Gasteiger charge is 2.34. The van der Waals surface area contributed by atoms with Gasteiger partial charge in [-0.15, -0.1) is 12.4 Å². The molecular formula is C18H24ClN3O. The zero-order valence-corrected chi connectivity index (χ0v) is 14.3. The molecule has 0 amide bonds. The van der Waals surface area contributed by atoms with Crippen LogP contribution in [-0.2, 0) is 12.8 Å². The number of nitrogens with zero attached hydrogens (tertiary/aromatic N) is 2. The average Bonchev–Trinajstić information content (AvgIpc) is 3.14. The number of aryl methyl sites for hydroxylation is 1. The summed E-state index contributed by atoms with van der Waals surface area (Å²) in [6.45, 7) is 2.16. The average molecular weight is 334 g/mol. The topological polar surface area (TPSA) is 51.0 Å². The molecule has 23 heavy (non-hydrogen) atoms. The number of benzene rings is 1. The maximum atomic E-state index is 5.49. The van der Waals surface area contributed by atoms with Crippen LogP contribution in [0.15, 0.2) is 28.8 Å². The summed E-state index contributed by atoms with van der Waals surface area (Å²) in [4.78, 5) is 4.60. The normalized spacial score (nSPS) is 26.0. The summed E-state index contributed by atoms with van der Waals surface area (Å²) < 4.78 is 5.49. The monoisotopic (exact) mass is 333 g/mol. The Morgan fingerprint density at radius 1 is 1.13 bits per heavy atom. The van der Waals surface area contributed by atoms with Gasteiger partial charge in [-0.3, -0.25) is 0 Å². The highest BCUT2D eigenvalue weighted by Crippen LogP contribution is 2.32. The van der Waals surface area contributed by atoms with Crippen molar-refractivity contribution in [3.63, 3.8) is 0 Å². The third kappa shape index (κ3) is 3.59. The molecular weight excluding hydrogens is 310 g/mol. The van der Waals surface area contributed by atoms with Gasteiger partial charge in [0.25, 0.3) is 0 Å². The van der Waals surface area contributed by atoms with Gasteiger partial charge in [-0.25, -0.2) is 0 Å². The zero-order valence-electron chi connectivity index (χ0n) is 13.5. The minimum absolute atomic E-state index is 0. The first-order valence-corrected chi connectivity index (χ1v) is 8.48. The molecule has 4 rings (SSSR count). The number of nitrogens with one attached hydrogen (secondary N) is 1. The number of piperidine rings is 1. The van der Waals surface area contributed by atoms with Gasteiger partial charge in [-0.05, 0) is 43.6 Å². The van der Waals surface area contributed by atoms with E-state index in [0.717, 1.165) is 30.1 Å². The van der Waals surface area contributed by atoms with Crippen LogP contribution in [-0.4, -0.2) is 22.2 Å². The molecule has 2 atom stereocenters. The molecule has 2 fully saturated rings. The number of hydrogen-bond donors (Lipinski definition) is 1. The van der Waals surface area contributed by atoms with E-state index in [-0.39, 0.29) is 12.4 Å². The second-order valence-electron chi connectivity index (χ2n) is 6.74. The van der Waals surface area contributed by atoms with E-state index in [1.54, 1.807) is 0 Å². The first kappa shape index (κ1) is 16.5. The van der Waals surface area contributed by atoms with E-state index in [2.05, 4.69) is 46.6 Å². The van der Waals surface area contributed by atoms with Gasteiger partial charge in [-0.2, -0.15) is 4.98 Å². The molecule has 0 saturated carbocycles. The van der Waals surface area contributed by atoms with E-state index in [0.29, 0.717) is 18.0 Å². The Hall–Kier alpha value is -1.39. The van der Waals surface area contributed by atoms with Crippen molar-refractivity contribution in [1.82, 2.24) is 15.5 Å². The lowest BCUT2D eigenvalue weighted by atomic mass is 9.90. The van der Waals surface area contributed by atoms with Gasteiger partial charge in [0.2, 0.25) is 11.7 Å². The van der Waals surface area contributed by atoms with Crippen molar-refractivity contribution >= 4 is 12.4 Å². The van der Waals surface area contributed by atoms with Crippen LogP contribution in [0.25, 0.3) is 11.4 Å². The molecule has 124 valence electrons. The number of aromatic nitrogens is 2. The lowest BCUT2D eigenvalue weighted by Gasteiger charge is -2.27. The second-order valence-corrected chi connectivity index (χ2v) is 6.74. The largest absolute Gasteiger partial charge is 0.339 e. The van der Waals surface area contributed by atoms with Crippen molar-refractivity contribution in [2.45, 2.75) is 57.5 Å². The molecule has 5 heteroatoms. The van der Waals surface area contributed by atoms with Gasteiger partial charge in [0.05, 0.1) is 0 Å². The van der Waals surface area contributed by atoms with Gasteiger partial charge < -0.3 is 9.84 Å². The molecule has 0 spiro atoms. The first-order chi connectivity index (χ1) is 10.8. The number of halogens is 1. The Kier molecular flexibility index (Phi) is 5.02. The van der Waals surface area contributed by atoms with E-state index in [4.69, 9.17) is 4.52 Å². The number of hydrogen-bond acceptors (Lipinski definition) is 4. The Balaban J connectivity index is 0.00000156. The van der Waals surface area contributed by atoms with Crippen LogP contribution in [0, 0.1) is 5.92 Å². The molecule has 0 radical (unpaired) electrons. The molecule has 2 aromatic rings. The van der Waals surface area contributed by atoms with Gasteiger partial charge in [0.1, 0.15) is 0 Å². The SMILES string of the molecule is CCc1ccc(-c2noc(CC3CC4CCC(C3)N4)n2)cc1.Cl. The molecule has 2 unspecified atom stereocenters. The Morgan fingerprint density at radius 2 is 1.83 bits per heavy atom. The number of fused-ring (bicyclic) bond motifs is 2. The standard InChI is InChI=1S/C18H23N3O.ClH/c1-2-12-3-5-14(6-4-12)18-20-17(22-21-18)11-13-9-15-7-8-16(10-13)19-15;/h3-6,13,15-16,19H,2,7-11H2,1H3;1H. The van der Waals surface area contributed by atoms with Crippen LogP contribution in [0.2, 0.25) is 0 Å². The van der Waals surface area contributed by atoms with Crippen molar-refractivity contribution in [2.24, 2.45) is 5.92 Å². The predicted octanol–water partition coefficient (Wildman–Crippen LogP) is 3.79. The molecule has 1 N–H and O–H groups in total. The van der Waals surface area contributed by atoms with E-state index >= 15 is 0 Å². The predicted molar refractivity (Wildman–Crippen MR) is 92.7 cm³/mol. The van der Waals surface area contributed by atoms with Gasteiger partial charge >= 0.3 is 0 Å². The zero-order chi connectivity index (χ0) is 14.9.